The summed E-state index contributed by atoms with van der Waals surface area (Å²) >= 11 is 0. The Morgan fingerprint density at radius 3 is 1.71 bits per heavy atom. The van der Waals surface area contributed by atoms with Crippen LogP contribution in [-0.4, -0.2) is 19.6 Å². The zero-order valence-corrected chi connectivity index (χ0v) is 36.9. The van der Waals surface area contributed by atoms with Gasteiger partial charge in [0.15, 0.2) is 0 Å². The second-order valence-electron chi connectivity index (χ2n) is 19.8. The van der Waals surface area contributed by atoms with Crippen molar-refractivity contribution < 1.29 is 5.11 Å². The average molecular weight is 768 g/mol. The van der Waals surface area contributed by atoms with Crippen molar-refractivity contribution in [1.29, 1.82) is 0 Å². The third kappa shape index (κ3) is 7.74. The number of imidazole rings is 1. The molecule has 4 nitrogen and oxygen atoms in total. The van der Waals surface area contributed by atoms with Crippen molar-refractivity contribution in [3.05, 3.63) is 143 Å². The van der Waals surface area contributed by atoms with Gasteiger partial charge in [-0.25, -0.2) is 4.98 Å². The second kappa shape index (κ2) is 15.0. The highest BCUT2D eigenvalue weighted by atomic mass is 16.3. The minimum Gasteiger partial charge on any atom is -0.507 e. The zero-order chi connectivity index (χ0) is 41.9. The van der Waals surface area contributed by atoms with Crippen molar-refractivity contribution in [3.8, 4) is 56.3 Å². The molecule has 58 heavy (non-hydrogen) atoms. The smallest absolute Gasteiger partial charge is 0.149 e. The molecule has 298 valence electrons. The Hall–Kier alpha value is -5.48. The summed E-state index contributed by atoms with van der Waals surface area (Å²) in [6.45, 7) is 29.1. The second-order valence-corrected chi connectivity index (χ2v) is 19.8. The van der Waals surface area contributed by atoms with Crippen LogP contribution in [0.2, 0.25) is 0 Å². The van der Waals surface area contributed by atoms with Gasteiger partial charge >= 0.3 is 0 Å². The van der Waals surface area contributed by atoms with Crippen LogP contribution in [0.5, 0.6) is 5.75 Å². The van der Waals surface area contributed by atoms with Crippen LogP contribution < -0.4 is 0 Å². The number of hydrogen-bond donors (Lipinski definition) is 1. The van der Waals surface area contributed by atoms with E-state index >= 15 is 0 Å². The molecule has 0 aliphatic rings. The molecule has 7 aromatic rings. The highest BCUT2D eigenvalue weighted by Crippen LogP contribution is 2.46. The maximum absolute atomic E-state index is 12.4. The number of hydrogen-bond acceptors (Lipinski definition) is 3. The number of pyridine rings is 1. The Morgan fingerprint density at radius 2 is 1.14 bits per heavy atom. The zero-order valence-electron chi connectivity index (χ0n) is 36.9. The van der Waals surface area contributed by atoms with Crippen molar-refractivity contribution >= 4 is 11.0 Å². The molecule has 5 aromatic carbocycles. The number of aromatic hydroxyl groups is 1. The Kier molecular flexibility index (Phi) is 10.6. The van der Waals surface area contributed by atoms with Crippen LogP contribution in [0.25, 0.3) is 61.6 Å². The van der Waals surface area contributed by atoms with Gasteiger partial charge in [0.1, 0.15) is 11.6 Å². The summed E-state index contributed by atoms with van der Waals surface area (Å²) in [4.78, 5) is 10.7. The predicted molar refractivity (Wildman–Crippen MR) is 247 cm³/mol. The fourth-order valence-electron chi connectivity index (χ4n) is 8.05. The molecule has 7 rings (SSSR count). The van der Waals surface area contributed by atoms with E-state index < -0.39 is 0 Å². The number of nitrogens with zero attached hydrogens (tertiary/aromatic N) is 3. The lowest BCUT2D eigenvalue weighted by Gasteiger charge is -2.28. The predicted octanol–water partition coefficient (Wildman–Crippen LogP) is 14.9. The quantitative estimate of drug-likeness (QED) is 0.176. The van der Waals surface area contributed by atoms with E-state index in [4.69, 9.17) is 9.97 Å². The molecule has 0 aliphatic carbocycles. The van der Waals surface area contributed by atoms with Crippen LogP contribution in [0.15, 0.2) is 115 Å². The highest BCUT2D eigenvalue weighted by molar-refractivity contribution is 5.97. The van der Waals surface area contributed by atoms with Gasteiger partial charge in [-0.2, -0.15) is 0 Å². The Morgan fingerprint density at radius 1 is 0.534 bits per heavy atom. The monoisotopic (exact) mass is 767 g/mol. The van der Waals surface area contributed by atoms with E-state index in [1.165, 1.54) is 22.3 Å². The number of phenolic OH excluding ortho intramolecular Hbond substituents is 1. The van der Waals surface area contributed by atoms with E-state index in [9.17, 15) is 5.11 Å². The number of benzene rings is 5. The molecular weight excluding hydrogens is 707 g/mol. The van der Waals surface area contributed by atoms with Gasteiger partial charge in [0.05, 0.1) is 28.0 Å². The molecule has 2 aromatic heterocycles. The lowest BCUT2D eigenvalue weighted by molar-refractivity contribution is 0.446. The normalized spacial score (nSPS) is 12.6. The fourth-order valence-corrected chi connectivity index (χ4v) is 8.05. The van der Waals surface area contributed by atoms with E-state index in [0.29, 0.717) is 0 Å². The summed E-state index contributed by atoms with van der Waals surface area (Å²) in [6.07, 6.45) is 1.98. The molecule has 0 saturated heterocycles. The van der Waals surface area contributed by atoms with Gasteiger partial charge in [-0.1, -0.05) is 169 Å². The maximum atomic E-state index is 12.4. The summed E-state index contributed by atoms with van der Waals surface area (Å²) in [6, 6.07) is 39.2. The molecule has 0 atom stereocenters. The summed E-state index contributed by atoms with van der Waals surface area (Å²) in [7, 11) is 0. The molecule has 0 spiro atoms. The van der Waals surface area contributed by atoms with Crippen molar-refractivity contribution in [2.45, 2.75) is 118 Å². The van der Waals surface area contributed by atoms with Crippen molar-refractivity contribution in [3.63, 3.8) is 0 Å². The van der Waals surface area contributed by atoms with Gasteiger partial charge in [0.25, 0.3) is 0 Å². The number of aromatic nitrogens is 3. The molecule has 0 amide bonds. The van der Waals surface area contributed by atoms with Gasteiger partial charge in [0, 0.05) is 28.5 Å². The van der Waals surface area contributed by atoms with Crippen molar-refractivity contribution in [2.24, 2.45) is 0 Å². The summed E-state index contributed by atoms with van der Waals surface area (Å²) in [5, 5.41) is 12.4. The number of fused-ring (bicyclic) bond motifs is 1. The molecule has 0 unspecified atom stereocenters. The molecule has 0 aliphatic heterocycles. The van der Waals surface area contributed by atoms with Crippen molar-refractivity contribution in [1.82, 2.24) is 14.5 Å². The van der Waals surface area contributed by atoms with E-state index in [1.807, 2.05) is 12.3 Å². The Labute approximate surface area is 347 Å². The summed E-state index contributed by atoms with van der Waals surface area (Å²) in [5.74, 6) is 1.55. The van der Waals surface area contributed by atoms with E-state index in [1.54, 1.807) is 0 Å². The van der Waals surface area contributed by atoms with Crippen LogP contribution in [0.3, 0.4) is 0 Å². The van der Waals surface area contributed by atoms with E-state index in [-0.39, 0.29) is 33.8 Å². The molecular formula is C54H61N3O. The average Bonchev–Trinajstić information content (AvgIpc) is 3.56. The molecule has 0 fully saturated rings. The molecule has 4 heteroatoms. The summed E-state index contributed by atoms with van der Waals surface area (Å²) < 4.78 is 2.36. The third-order valence-corrected chi connectivity index (χ3v) is 11.6. The van der Waals surface area contributed by atoms with Crippen molar-refractivity contribution in [2.75, 3.05) is 0 Å². The molecule has 2 heterocycles. The van der Waals surface area contributed by atoms with E-state index in [2.05, 4.69) is 198 Å². The van der Waals surface area contributed by atoms with Crippen LogP contribution in [0.4, 0.5) is 0 Å². The number of para-hydroxylation sites is 2. The maximum Gasteiger partial charge on any atom is 0.149 e. The lowest BCUT2D eigenvalue weighted by atomic mass is 9.79. The van der Waals surface area contributed by atoms with Gasteiger partial charge in [-0.05, 0) is 91.8 Å². The minimum absolute atomic E-state index is 0.113. The standard InChI is InChI=1S/C54H61N3O/c1-33(2)41-21-17-22-42(34(3)4)49(41)57-47-24-18-23-43(48(47)56-51(57)44-30-40(53(8,9)10)31-45(50(44)58)54(11,12)13)37-27-38(29-39(28-37)52(5,6)7)46-26-25-36(32-55-46)35-19-15-14-16-20-35/h14-34,58H,1-13H3. The van der Waals surface area contributed by atoms with Crippen LogP contribution in [0.1, 0.15) is 130 Å². The van der Waals surface area contributed by atoms with Gasteiger partial charge in [-0.3, -0.25) is 9.55 Å². The Bertz CT molecular complexity index is 2580. The molecule has 0 saturated carbocycles. The topological polar surface area (TPSA) is 50.9 Å². The number of rotatable bonds is 7. The van der Waals surface area contributed by atoms with Gasteiger partial charge in [0.2, 0.25) is 0 Å². The first-order chi connectivity index (χ1) is 27.2. The SMILES string of the molecule is CC(C)c1cccc(C(C)C)c1-n1c(-c2cc(C(C)(C)C)cc(C(C)(C)C)c2O)nc2c(-c3cc(-c4ccc(-c5ccccc5)cn4)cc(C(C)(C)C)c3)cccc21. The summed E-state index contributed by atoms with van der Waals surface area (Å²) in [5.41, 5.74) is 15.4. The first kappa shape index (κ1) is 40.7. The van der Waals surface area contributed by atoms with Gasteiger partial charge < -0.3 is 5.11 Å². The van der Waals surface area contributed by atoms with Gasteiger partial charge in [-0.15, -0.1) is 0 Å². The first-order valence-corrected chi connectivity index (χ1v) is 20.9. The number of phenols is 1. The first-order valence-electron chi connectivity index (χ1n) is 20.9. The molecule has 1 N–H and O–H groups in total. The highest BCUT2D eigenvalue weighted by Gasteiger charge is 2.30. The third-order valence-electron chi connectivity index (χ3n) is 11.6. The van der Waals surface area contributed by atoms with E-state index in [0.717, 1.165) is 67.2 Å². The molecule has 0 bridgehead atoms. The minimum atomic E-state index is -0.293. The van der Waals surface area contributed by atoms with Crippen LogP contribution >= 0.6 is 0 Å². The van der Waals surface area contributed by atoms with Crippen LogP contribution in [0, 0.1) is 0 Å². The van der Waals surface area contributed by atoms with Crippen LogP contribution in [-0.2, 0) is 16.2 Å². The largest absolute Gasteiger partial charge is 0.507 e. The fraction of sp³-hybridized carbons (Fsp3) is 0.333. The lowest BCUT2D eigenvalue weighted by Crippen LogP contribution is -2.17. The Balaban J connectivity index is 1.56. The molecule has 0 radical (unpaired) electrons.